The maximum atomic E-state index is 11.6. The molecule has 19 heteroatoms. The molecule has 0 amide bonds. The van der Waals surface area contributed by atoms with Crippen molar-refractivity contribution in [1.82, 2.24) is 0 Å². The van der Waals surface area contributed by atoms with Crippen LogP contribution in [0.25, 0.3) is 14.9 Å². The quantitative estimate of drug-likeness (QED) is 0.159. The third-order valence-electron chi connectivity index (χ3n) is 3.30. The molecule has 0 aromatic carbocycles. The van der Waals surface area contributed by atoms with Gasteiger partial charge in [-0.2, -0.15) is 4.57 Å². The summed E-state index contributed by atoms with van der Waals surface area (Å²) in [6.07, 6.45) is 1.44. The monoisotopic (exact) mass is 628 g/mol. The Bertz CT molecular complexity index is 1520. The summed E-state index contributed by atoms with van der Waals surface area (Å²) in [5.41, 5.74) is 0. The number of thioether (sulfide) groups is 1. The van der Waals surface area contributed by atoms with Gasteiger partial charge in [0.15, 0.2) is 14.1 Å². The zero-order valence-corrected chi connectivity index (χ0v) is 25.8. The standard InChI is InChI=1S/C11H6N2O8S8.2C2H4.Na/c14-10-24-6-8(26-10)22-4(12(6)2-28(16,17)18)1-5-13(3-29(19,20)21)7-9(23-5)27-11(15)25-7;2*1-2;/h1H,2-3H2,(H-,16,17,18,19,20,21);2*1-2H2;/q;;;+1/p-1. The molecule has 0 saturated heterocycles. The zero-order valence-electron chi connectivity index (χ0n) is 17.2. The molecule has 0 fully saturated rings. The normalized spacial score (nSPS) is 14.1. The van der Waals surface area contributed by atoms with Crippen LogP contribution < -0.4 is 47.1 Å². The fourth-order valence-corrected chi connectivity index (χ4v) is 11.3. The Morgan fingerprint density at radius 3 is 2.03 bits per heavy atom. The molecule has 1 aliphatic heterocycles. The van der Waals surface area contributed by atoms with E-state index in [1.54, 1.807) is 0 Å². The summed E-state index contributed by atoms with van der Waals surface area (Å²) in [7, 11) is -9.36. The summed E-state index contributed by atoms with van der Waals surface area (Å²) < 4.78 is 69.7. The van der Waals surface area contributed by atoms with Crippen LogP contribution in [-0.2, 0) is 26.1 Å². The van der Waals surface area contributed by atoms with Crippen LogP contribution in [0.5, 0.6) is 0 Å². The summed E-state index contributed by atoms with van der Waals surface area (Å²) in [6, 6.07) is 0. The van der Waals surface area contributed by atoms with Gasteiger partial charge in [-0.1, -0.05) is 45.8 Å². The molecule has 10 nitrogen and oxygen atoms in total. The predicted octanol–water partition coefficient (Wildman–Crippen LogP) is -0.320. The number of nitrogens with zero attached hydrogens (tertiary/aromatic N) is 2. The van der Waals surface area contributed by atoms with E-state index >= 15 is 0 Å². The van der Waals surface area contributed by atoms with Crippen LogP contribution in [0.1, 0.15) is 5.01 Å². The van der Waals surface area contributed by atoms with Gasteiger partial charge in [-0.25, -0.2) is 16.8 Å². The second-order valence-corrected chi connectivity index (χ2v) is 15.1. The van der Waals surface area contributed by atoms with Crippen LogP contribution >= 0.6 is 68.4 Å². The number of fused-ring (bicyclic) bond motifs is 2. The smallest absolute Gasteiger partial charge is 0.747 e. The third-order valence-corrected chi connectivity index (χ3v) is 11.5. The van der Waals surface area contributed by atoms with E-state index in [0.29, 0.717) is 28.1 Å². The summed E-state index contributed by atoms with van der Waals surface area (Å²) >= 11 is 5.54. The van der Waals surface area contributed by atoms with Gasteiger partial charge in [0.25, 0.3) is 18.0 Å². The molecule has 0 bridgehead atoms. The second kappa shape index (κ2) is 12.8. The van der Waals surface area contributed by atoms with Gasteiger partial charge in [0.1, 0.15) is 25.2 Å². The van der Waals surface area contributed by atoms with E-state index in [1.807, 2.05) is 0 Å². The van der Waals surface area contributed by atoms with Crippen molar-refractivity contribution in [2.75, 3.05) is 10.8 Å². The van der Waals surface area contributed by atoms with Gasteiger partial charge in [-0.15, -0.1) is 26.3 Å². The molecule has 0 aliphatic carbocycles. The summed E-state index contributed by atoms with van der Waals surface area (Å²) in [5.74, 6) is -1.81. The van der Waals surface area contributed by atoms with Crippen LogP contribution in [0.3, 0.4) is 0 Å². The van der Waals surface area contributed by atoms with E-state index in [9.17, 15) is 35.5 Å². The first-order valence-electron chi connectivity index (χ1n) is 8.04. The molecule has 0 spiro atoms. The minimum Gasteiger partial charge on any atom is -0.747 e. The van der Waals surface area contributed by atoms with E-state index < -0.39 is 32.0 Å². The number of hydrogen-bond acceptors (Lipinski definition) is 15. The fourth-order valence-electron chi connectivity index (χ4n) is 2.36. The summed E-state index contributed by atoms with van der Waals surface area (Å²) in [5, 5.41) is 0.905. The Hall–Kier alpha value is -0.220. The molecular formula is C15H13N2NaO8S8. The Labute approximate surface area is 241 Å². The van der Waals surface area contributed by atoms with Crippen LogP contribution in [-0.4, -0.2) is 31.8 Å². The zero-order chi connectivity index (χ0) is 25.1. The molecule has 1 aliphatic rings. The average Bonchev–Trinajstić information content (AvgIpc) is 3.40. The van der Waals surface area contributed by atoms with Gasteiger partial charge >= 0.3 is 29.6 Å². The number of anilines is 1. The number of rotatable bonds is 5. The molecule has 3 aromatic heterocycles. The first kappa shape index (κ1) is 31.8. The van der Waals surface area contributed by atoms with Gasteiger partial charge in [-0.3, -0.25) is 9.59 Å². The van der Waals surface area contributed by atoms with Crippen molar-refractivity contribution < 1.29 is 60.1 Å². The third kappa shape index (κ3) is 7.89. The molecule has 0 radical (unpaired) electrons. The summed E-state index contributed by atoms with van der Waals surface area (Å²) in [4.78, 5) is 24.7. The number of hydrogen-bond donors (Lipinski definition) is 0. The molecular weight excluding hydrogens is 616 g/mol. The average molecular weight is 629 g/mol. The molecule has 0 atom stereocenters. The minimum absolute atomic E-state index is 0. The first-order chi connectivity index (χ1) is 15.4. The molecule has 4 rings (SSSR count). The van der Waals surface area contributed by atoms with Crippen molar-refractivity contribution in [1.29, 1.82) is 0 Å². The predicted molar refractivity (Wildman–Crippen MR) is 136 cm³/mol. The van der Waals surface area contributed by atoms with Gasteiger partial charge in [0, 0.05) is 0 Å². The molecule has 4 heterocycles. The first-order valence-corrected chi connectivity index (χ1v) is 16.1. The van der Waals surface area contributed by atoms with Crippen molar-refractivity contribution >= 4 is 109 Å². The Balaban J connectivity index is 0.00000110. The minimum atomic E-state index is -4.68. The SMILES string of the molecule is C=C.C=C.O=c1sc2c(s1)N(CS(=O)(=O)[O-])C(=Cc1sc3sc(=O)sc3[n+]1CS(=O)(=O)[O-])S2.[Na+]. The molecule has 3 aromatic rings. The van der Waals surface area contributed by atoms with Crippen molar-refractivity contribution in [3.05, 3.63) is 54.1 Å². The van der Waals surface area contributed by atoms with E-state index in [-0.39, 0.29) is 37.7 Å². The second-order valence-electron chi connectivity index (χ2n) is 5.35. The van der Waals surface area contributed by atoms with Crippen molar-refractivity contribution in [2.45, 2.75) is 10.1 Å². The Kier molecular flexibility index (Phi) is 12.0. The van der Waals surface area contributed by atoms with Crippen molar-refractivity contribution in [3.63, 3.8) is 0 Å². The van der Waals surface area contributed by atoms with Gasteiger partial charge < -0.3 is 14.0 Å². The molecule has 180 valence electrons. The number of aromatic nitrogens is 1. The summed E-state index contributed by atoms with van der Waals surface area (Å²) in [6.45, 7) is 12.0. The van der Waals surface area contributed by atoms with Crippen LogP contribution in [0.2, 0.25) is 0 Å². The molecule has 34 heavy (non-hydrogen) atoms. The molecule has 0 unspecified atom stereocenters. The van der Waals surface area contributed by atoms with Crippen LogP contribution in [0, 0.1) is 0 Å². The van der Waals surface area contributed by atoms with Crippen LogP contribution in [0.4, 0.5) is 5.00 Å². The van der Waals surface area contributed by atoms with E-state index in [0.717, 1.165) is 68.4 Å². The topological polar surface area (TPSA) is 156 Å². The van der Waals surface area contributed by atoms with Crippen molar-refractivity contribution in [2.24, 2.45) is 0 Å². The fraction of sp³-hybridized carbons (Fsp3) is 0.133. The van der Waals surface area contributed by atoms with Gasteiger partial charge in [0.05, 0.1) is 11.1 Å². The Morgan fingerprint density at radius 1 is 0.882 bits per heavy atom. The van der Waals surface area contributed by atoms with E-state index in [1.165, 1.54) is 15.5 Å². The largest absolute Gasteiger partial charge is 1.00 e. The van der Waals surface area contributed by atoms with Crippen molar-refractivity contribution in [3.8, 4) is 0 Å². The number of thiazole rings is 1. The van der Waals surface area contributed by atoms with E-state index in [4.69, 9.17) is 0 Å². The molecule has 0 N–H and O–H groups in total. The maximum absolute atomic E-state index is 11.6. The molecule has 0 saturated carbocycles. The van der Waals surface area contributed by atoms with Gasteiger partial charge in [0.2, 0.25) is 5.88 Å². The maximum Gasteiger partial charge on any atom is 1.00 e. The van der Waals surface area contributed by atoms with E-state index in [2.05, 4.69) is 26.3 Å². The Morgan fingerprint density at radius 2 is 1.47 bits per heavy atom. The van der Waals surface area contributed by atoms with Crippen LogP contribution in [0.15, 0.2) is 45.1 Å². The van der Waals surface area contributed by atoms with Gasteiger partial charge in [-0.05, 0) is 22.7 Å².